The number of benzene rings is 1. The normalized spacial score (nSPS) is 27.1. The summed E-state index contributed by atoms with van der Waals surface area (Å²) in [6.45, 7) is 0.584. The van der Waals surface area contributed by atoms with Gasteiger partial charge in [-0.15, -0.1) is 0 Å². The maximum absolute atomic E-state index is 11.5. The number of nitrogens with two attached hydrogens (primary N) is 1. The average molecular weight is 510 g/mol. The molecule has 5 rings (SSSR count). The summed E-state index contributed by atoms with van der Waals surface area (Å²) in [5.74, 6) is -0.117. The highest BCUT2D eigenvalue weighted by atomic mass is 79.9. The second-order valence-electron chi connectivity index (χ2n) is 7.59. The van der Waals surface area contributed by atoms with Gasteiger partial charge in [0.05, 0.1) is 19.4 Å². The molecule has 2 fully saturated rings. The summed E-state index contributed by atoms with van der Waals surface area (Å²) < 4.78 is 14.4. The van der Waals surface area contributed by atoms with Crippen LogP contribution in [0.5, 0.6) is 0 Å². The molecule has 4 N–H and O–H groups in total. The Kier molecular flexibility index (Phi) is 5.10. The molecule has 2 aliphatic heterocycles. The van der Waals surface area contributed by atoms with Gasteiger partial charge in [0.2, 0.25) is 11.2 Å². The molecule has 2 bridgehead atoms. The van der Waals surface area contributed by atoms with Gasteiger partial charge in [-0.25, -0.2) is 4.98 Å². The maximum Gasteiger partial charge on any atom is 0.226 e. The third-order valence-corrected chi connectivity index (χ3v) is 6.16. The monoisotopic (exact) mass is 508 g/mol. The number of hydrogen-bond donors (Lipinski definition) is 3. The number of halogens is 2. The third-order valence-electron chi connectivity index (χ3n) is 5.50. The molecular formula is C19H18BrClN6O4. The molecule has 2 aromatic heterocycles. The number of imidazole rings is 1. The van der Waals surface area contributed by atoms with Crippen molar-refractivity contribution in [3.63, 3.8) is 0 Å². The minimum absolute atomic E-state index is 0.0301. The molecule has 3 aromatic rings. The van der Waals surface area contributed by atoms with Crippen LogP contribution in [-0.4, -0.2) is 54.9 Å². The van der Waals surface area contributed by atoms with Crippen LogP contribution in [0.4, 0.5) is 5.82 Å². The van der Waals surface area contributed by atoms with Crippen molar-refractivity contribution in [2.45, 2.75) is 37.0 Å². The van der Waals surface area contributed by atoms with E-state index in [9.17, 15) is 9.90 Å². The van der Waals surface area contributed by atoms with Gasteiger partial charge in [0, 0.05) is 11.0 Å². The highest BCUT2D eigenvalue weighted by Gasteiger charge is 2.62. The minimum Gasteiger partial charge on any atom is -0.387 e. The highest BCUT2D eigenvalue weighted by molar-refractivity contribution is 9.10. The first-order valence-electron chi connectivity index (χ1n) is 9.50. The number of aliphatic hydroxyl groups excluding tert-OH is 1. The van der Waals surface area contributed by atoms with Crippen molar-refractivity contribution < 1.29 is 19.4 Å². The van der Waals surface area contributed by atoms with Crippen molar-refractivity contribution in [3.8, 4) is 0 Å². The fraction of sp³-hybridized carbons (Fsp3) is 0.368. The SMILES string of the molecule is NC(=O)C[C@@]12CO[C@@H]([C@H](n3cnc4c(NCc5cccc(Br)c5)nc(Cl)nc43)O1)[C@@H]2O. The lowest BCUT2D eigenvalue weighted by atomic mass is 9.95. The lowest BCUT2D eigenvalue weighted by Crippen LogP contribution is -2.44. The summed E-state index contributed by atoms with van der Waals surface area (Å²) in [5, 5.41) is 13.9. The van der Waals surface area contributed by atoms with Gasteiger partial charge >= 0.3 is 0 Å². The maximum atomic E-state index is 11.5. The minimum atomic E-state index is -1.18. The van der Waals surface area contributed by atoms with Crippen LogP contribution in [0.25, 0.3) is 11.2 Å². The van der Waals surface area contributed by atoms with Gasteiger partial charge in [-0.05, 0) is 29.3 Å². The number of aliphatic hydroxyl groups is 1. The van der Waals surface area contributed by atoms with Gasteiger partial charge in [0.25, 0.3) is 0 Å². The second kappa shape index (κ2) is 7.68. The zero-order valence-corrected chi connectivity index (χ0v) is 18.4. The molecule has 4 heterocycles. The standard InChI is InChI=1S/C19H18BrClN6O4/c20-10-3-1-2-9(4-10)6-23-15-12-16(26-18(21)25-15)27(8-24-12)17-13-14(29)19(31-17,7-30-13)5-11(22)28/h1-4,8,13-14,17,29H,5-7H2,(H2,22,28)(H,23,25,26)/t13-,14+,17-,19+/m1/s1. The van der Waals surface area contributed by atoms with Gasteiger partial charge in [0.15, 0.2) is 23.2 Å². The summed E-state index contributed by atoms with van der Waals surface area (Å²) in [4.78, 5) is 24.5. The van der Waals surface area contributed by atoms with Crippen LogP contribution in [0.2, 0.25) is 5.28 Å². The van der Waals surface area contributed by atoms with Crippen LogP contribution in [0.1, 0.15) is 18.2 Å². The van der Waals surface area contributed by atoms with E-state index in [2.05, 4.69) is 36.2 Å². The number of carbonyl (C=O) groups excluding carboxylic acids is 1. The Morgan fingerprint density at radius 1 is 1.45 bits per heavy atom. The number of primary amides is 1. The van der Waals surface area contributed by atoms with Crippen molar-refractivity contribution in [3.05, 3.63) is 45.9 Å². The number of amides is 1. The van der Waals surface area contributed by atoms with Gasteiger partial charge < -0.3 is 25.6 Å². The Balaban J connectivity index is 1.46. The molecule has 0 radical (unpaired) electrons. The van der Waals surface area contributed by atoms with E-state index in [1.165, 1.54) is 6.33 Å². The molecule has 2 aliphatic rings. The first-order valence-corrected chi connectivity index (χ1v) is 10.7. The molecule has 4 atom stereocenters. The fourth-order valence-electron chi connectivity index (χ4n) is 4.10. The summed E-state index contributed by atoms with van der Waals surface area (Å²) in [7, 11) is 0. The molecule has 0 spiro atoms. The van der Waals surface area contributed by atoms with Gasteiger partial charge in [-0.1, -0.05) is 28.1 Å². The Morgan fingerprint density at radius 2 is 2.29 bits per heavy atom. The van der Waals surface area contributed by atoms with Crippen LogP contribution in [0, 0.1) is 0 Å². The molecule has 2 saturated heterocycles. The predicted molar refractivity (Wildman–Crippen MR) is 114 cm³/mol. The number of nitrogens with zero attached hydrogens (tertiary/aromatic N) is 4. The van der Waals surface area contributed by atoms with E-state index in [0.717, 1.165) is 10.0 Å². The van der Waals surface area contributed by atoms with Crippen molar-refractivity contribution in [1.29, 1.82) is 0 Å². The summed E-state index contributed by atoms with van der Waals surface area (Å²) in [6, 6.07) is 7.86. The number of anilines is 1. The van der Waals surface area contributed by atoms with E-state index in [-0.39, 0.29) is 18.3 Å². The lowest BCUT2D eigenvalue weighted by Gasteiger charge is -2.30. The van der Waals surface area contributed by atoms with E-state index in [1.807, 2.05) is 24.3 Å². The molecule has 1 amide bonds. The summed E-state index contributed by atoms with van der Waals surface area (Å²) >= 11 is 9.63. The van der Waals surface area contributed by atoms with Crippen molar-refractivity contribution >= 4 is 50.4 Å². The topological polar surface area (TPSA) is 137 Å². The van der Waals surface area contributed by atoms with Crippen LogP contribution < -0.4 is 11.1 Å². The van der Waals surface area contributed by atoms with Crippen LogP contribution in [0.15, 0.2) is 35.1 Å². The zero-order chi connectivity index (χ0) is 21.8. The number of aromatic nitrogens is 4. The molecule has 0 aliphatic carbocycles. The lowest BCUT2D eigenvalue weighted by molar-refractivity contribution is -0.177. The Bertz CT molecular complexity index is 1180. The summed E-state index contributed by atoms with van der Waals surface area (Å²) in [6.07, 6.45) is -1.06. The molecular weight excluding hydrogens is 492 g/mol. The third kappa shape index (κ3) is 3.56. The smallest absolute Gasteiger partial charge is 0.226 e. The first kappa shape index (κ1) is 20.6. The van der Waals surface area contributed by atoms with E-state index in [1.54, 1.807) is 4.57 Å². The number of ether oxygens (including phenoxy) is 2. The van der Waals surface area contributed by atoms with Crippen molar-refractivity contribution in [2.75, 3.05) is 11.9 Å². The number of nitrogens with one attached hydrogen (secondary N) is 1. The Morgan fingerprint density at radius 3 is 3.06 bits per heavy atom. The number of hydrogen-bond acceptors (Lipinski definition) is 8. The van der Waals surface area contributed by atoms with E-state index < -0.39 is 29.9 Å². The first-order chi connectivity index (χ1) is 14.9. The highest BCUT2D eigenvalue weighted by Crippen LogP contribution is 2.47. The van der Waals surface area contributed by atoms with Crippen molar-refractivity contribution in [2.24, 2.45) is 5.73 Å². The quantitative estimate of drug-likeness (QED) is 0.428. The van der Waals surface area contributed by atoms with Crippen molar-refractivity contribution in [1.82, 2.24) is 19.5 Å². The van der Waals surface area contributed by atoms with E-state index in [0.29, 0.717) is 23.5 Å². The molecule has 31 heavy (non-hydrogen) atoms. The fourth-order valence-corrected chi connectivity index (χ4v) is 4.71. The number of fused-ring (bicyclic) bond motifs is 3. The van der Waals surface area contributed by atoms with Gasteiger partial charge in [-0.3, -0.25) is 9.36 Å². The van der Waals surface area contributed by atoms with Crippen LogP contribution in [0.3, 0.4) is 0 Å². The van der Waals surface area contributed by atoms with Gasteiger partial charge in [-0.2, -0.15) is 9.97 Å². The van der Waals surface area contributed by atoms with Crippen LogP contribution in [-0.2, 0) is 20.8 Å². The largest absolute Gasteiger partial charge is 0.387 e. The zero-order valence-electron chi connectivity index (χ0n) is 16.0. The molecule has 1 aromatic carbocycles. The molecule has 0 saturated carbocycles. The van der Waals surface area contributed by atoms with Gasteiger partial charge in [0.1, 0.15) is 17.8 Å². The second-order valence-corrected chi connectivity index (χ2v) is 8.84. The van der Waals surface area contributed by atoms with E-state index >= 15 is 0 Å². The van der Waals surface area contributed by atoms with E-state index in [4.69, 9.17) is 26.8 Å². The number of rotatable bonds is 6. The molecule has 10 nitrogen and oxygen atoms in total. The Labute approximate surface area is 189 Å². The predicted octanol–water partition coefficient (Wildman–Crippen LogP) is 1.76. The molecule has 0 unspecified atom stereocenters. The average Bonchev–Trinajstić information content (AvgIpc) is 3.34. The van der Waals surface area contributed by atoms with Crippen LogP contribution >= 0.6 is 27.5 Å². The summed E-state index contributed by atoms with van der Waals surface area (Å²) in [5.41, 5.74) is 6.11. The Hall–Kier alpha value is -2.31. The number of carbonyl (C=O) groups is 1. The molecule has 12 heteroatoms. The molecule has 162 valence electrons.